The number of methoxy groups -OCH3 is 1. The lowest BCUT2D eigenvalue weighted by Crippen LogP contribution is -2.34. The monoisotopic (exact) mass is 444 g/mol. The van der Waals surface area contributed by atoms with Crippen molar-refractivity contribution in [1.29, 1.82) is 0 Å². The Balaban J connectivity index is 1.51. The van der Waals surface area contributed by atoms with Crippen molar-refractivity contribution in [2.75, 3.05) is 25.6 Å². The van der Waals surface area contributed by atoms with Gasteiger partial charge in [-0.25, -0.2) is 14.4 Å². The van der Waals surface area contributed by atoms with Crippen molar-refractivity contribution in [2.24, 2.45) is 0 Å². The van der Waals surface area contributed by atoms with Gasteiger partial charge in [0.1, 0.15) is 18.0 Å². The molecule has 164 valence electrons. The largest absolute Gasteiger partial charge is 0.493 e. The summed E-state index contributed by atoms with van der Waals surface area (Å²) in [4.78, 5) is 8.69. The molecular weight excluding hydrogens is 419 g/mol. The van der Waals surface area contributed by atoms with E-state index < -0.39 is 5.82 Å². The van der Waals surface area contributed by atoms with E-state index in [4.69, 9.17) is 21.1 Å². The number of nitrogens with zero attached hydrogens (tertiary/aromatic N) is 2. The predicted molar refractivity (Wildman–Crippen MR) is 121 cm³/mol. The number of nitrogens with one attached hydrogen (secondary N) is 2. The number of anilines is 2. The summed E-state index contributed by atoms with van der Waals surface area (Å²) in [6, 6.07) is 8.73. The number of rotatable bonds is 8. The predicted octanol–water partition coefficient (Wildman–Crippen LogP) is 5.48. The summed E-state index contributed by atoms with van der Waals surface area (Å²) in [5.41, 5.74) is 1.34. The van der Waals surface area contributed by atoms with Gasteiger partial charge in [0.15, 0.2) is 11.5 Å². The van der Waals surface area contributed by atoms with Crippen LogP contribution in [0.15, 0.2) is 36.7 Å². The van der Waals surface area contributed by atoms with Gasteiger partial charge in [-0.05, 0) is 56.5 Å². The van der Waals surface area contributed by atoms with Crippen LogP contribution in [0.25, 0.3) is 10.9 Å². The molecule has 1 saturated heterocycles. The number of benzene rings is 2. The molecule has 8 heteroatoms. The zero-order valence-electron chi connectivity index (χ0n) is 17.5. The molecule has 0 aliphatic carbocycles. The zero-order valence-corrected chi connectivity index (χ0v) is 18.2. The van der Waals surface area contributed by atoms with E-state index in [-0.39, 0.29) is 5.02 Å². The van der Waals surface area contributed by atoms with Gasteiger partial charge in [-0.15, -0.1) is 0 Å². The number of halogens is 2. The highest BCUT2D eigenvalue weighted by Gasteiger charge is 2.14. The van der Waals surface area contributed by atoms with Crippen molar-refractivity contribution in [3.63, 3.8) is 0 Å². The van der Waals surface area contributed by atoms with Gasteiger partial charge in [-0.1, -0.05) is 18.0 Å². The first-order valence-corrected chi connectivity index (χ1v) is 10.9. The topological polar surface area (TPSA) is 68.3 Å². The average Bonchev–Trinajstić information content (AvgIpc) is 2.79. The Bertz CT molecular complexity index is 1040. The van der Waals surface area contributed by atoms with Crippen molar-refractivity contribution < 1.29 is 13.9 Å². The molecule has 1 aliphatic heterocycles. The highest BCUT2D eigenvalue weighted by Crippen LogP contribution is 2.35. The number of fused-ring (bicyclic) bond motifs is 1. The Labute approximate surface area is 186 Å². The summed E-state index contributed by atoms with van der Waals surface area (Å²) >= 11 is 5.90. The molecule has 0 amide bonds. The number of aromatic nitrogens is 2. The SMILES string of the molecule is COc1cc2ncnc(Nc3ccc(F)c(Cl)c3)c2cc1OCCCC1CCCCN1. The van der Waals surface area contributed by atoms with Crippen LogP contribution < -0.4 is 20.1 Å². The highest BCUT2D eigenvalue weighted by molar-refractivity contribution is 6.31. The van der Waals surface area contributed by atoms with E-state index in [0.717, 1.165) is 24.8 Å². The zero-order chi connectivity index (χ0) is 21.6. The van der Waals surface area contributed by atoms with Gasteiger partial charge in [-0.2, -0.15) is 0 Å². The standard InChI is InChI=1S/C23H26ClFN4O2/c1-30-21-13-20-17(12-22(21)31-10-4-6-15-5-2-3-9-26-15)23(28-14-27-20)29-16-7-8-19(25)18(24)11-16/h7-8,11-15,26H,2-6,9-10H2,1H3,(H,27,28,29). The van der Waals surface area contributed by atoms with Crippen LogP contribution in [-0.4, -0.2) is 36.3 Å². The lowest BCUT2D eigenvalue weighted by Gasteiger charge is -2.23. The highest BCUT2D eigenvalue weighted by atomic mass is 35.5. The lowest BCUT2D eigenvalue weighted by molar-refractivity contribution is 0.272. The van der Waals surface area contributed by atoms with Crippen molar-refractivity contribution in [3.8, 4) is 11.5 Å². The molecule has 4 rings (SSSR count). The third-order valence-electron chi connectivity index (χ3n) is 5.47. The van der Waals surface area contributed by atoms with Crippen LogP contribution in [0.5, 0.6) is 11.5 Å². The lowest BCUT2D eigenvalue weighted by atomic mass is 10.0. The van der Waals surface area contributed by atoms with E-state index in [1.807, 2.05) is 12.1 Å². The summed E-state index contributed by atoms with van der Waals surface area (Å²) in [6.07, 6.45) is 7.32. The summed E-state index contributed by atoms with van der Waals surface area (Å²) in [6.45, 7) is 1.71. The van der Waals surface area contributed by atoms with Crippen LogP contribution in [0.4, 0.5) is 15.9 Å². The Morgan fingerprint density at radius 2 is 2.10 bits per heavy atom. The van der Waals surface area contributed by atoms with Gasteiger partial charge < -0.3 is 20.1 Å². The number of ether oxygens (including phenoxy) is 2. The van der Waals surface area contributed by atoms with Crippen molar-refractivity contribution in [1.82, 2.24) is 15.3 Å². The molecule has 2 N–H and O–H groups in total. The first-order chi connectivity index (χ1) is 15.1. The molecule has 0 bridgehead atoms. The maximum Gasteiger partial charge on any atom is 0.162 e. The molecule has 1 fully saturated rings. The van der Waals surface area contributed by atoms with E-state index in [1.54, 1.807) is 13.2 Å². The van der Waals surface area contributed by atoms with Crippen molar-refractivity contribution in [2.45, 2.75) is 38.1 Å². The Hall–Kier alpha value is -2.64. The van der Waals surface area contributed by atoms with Gasteiger partial charge in [0, 0.05) is 23.2 Å². The van der Waals surface area contributed by atoms with E-state index in [2.05, 4.69) is 20.6 Å². The van der Waals surface area contributed by atoms with Crippen LogP contribution in [0.3, 0.4) is 0 Å². The molecule has 3 aromatic rings. The van der Waals surface area contributed by atoms with Gasteiger partial charge >= 0.3 is 0 Å². The normalized spacial score (nSPS) is 16.3. The average molecular weight is 445 g/mol. The molecule has 2 heterocycles. The molecule has 1 atom stereocenters. The summed E-state index contributed by atoms with van der Waals surface area (Å²) in [5, 5.41) is 7.56. The fourth-order valence-electron chi connectivity index (χ4n) is 3.83. The van der Waals surface area contributed by atoms with Gasteiger partial charge in [-0.3, -0.25) is 0 Å². The minimum Gasteiger partial charge on any atom is -0.493 e. The summed E-state index contributed by atoms with van der Waals surface area (Å²) in [5.74, 6) is 1.37. The molecule has 0 saturated carbocycles. The molecule has 31 heavy (non-hydrogen) atoms. The molecule has 0 radical (unpaired) electrons. The molecule has 6 nitrogen and oxygen atoms in total. The summed E-state index contributed by atoms with van der Waals surface area (Å²) < 4.78 is 25.0. The Kier molecular flexibility index (Phi) is 7.04. The maximum atomic E-state index is 13.5. The fourth-order valence-corrected chi connectivity index (χ4v) is 4.01. The van der Waals surface area contributed by atoms with Crippen LogP contribution in [0.1, 0.15) is 32.1 Å². The molecule has 1 unspecified atom stereocenters. The van der Waals surface area contributed by atoms with Crippen LogP contribution >= 0.6 is 11.6 Å². The third kappa shape index (κ3) is 5.35. The number of piperidine rings is 1. The third-order valence-corrected chi connectivity index (χ3v) is 5.76. The van der Waals surface area contributed by atoms with Crippen LogP contribution in [0, 0.1) is 5.82 Å². The van der Waals surface area contributed by atoms with Gasteiger partial charge in [0.2, 0.25) is 0 Å². The Morgan fingerprint density at radius 1 is 1.19 bits per heavy atom. The minimum absolute atomic E-state index is 0.0431. The smallest absolute Gasteiger partial charge is 0.162 e. The maximum absolute atomic E-state index is 13.5. The van der Waals surface area contributed by atoms with E-state index in [1.165, 1.54) is 37.7 Å². The van der Waals surface area contributed by atoms with Crippen LogP contribution in [0.2, 0.25) is 5.02 Å². The summed E-state index contributed by atoms with van der Waals surface area (Å²) in [7, 11) is 1.61. The molecule has 1 aliphatic rings. The molecular formula is C23H26ClFN4O2. The Morgan fingerprint density at radius 3 is 2.87 bits per heavy atom. The van der Waals surface area contributed by atoms with E-state index >= 15 is 0 Å². The quantitative estimate of drug-likeness (QED) is 0.449. The first kappa shape index (κ1) is 21.6. The fraction of sp³-hybridized carbons (Fsp3) is 0.391. The van der Waals surface area contributed by atoms with Gasteiger partial charge in [0.25, 0.3) is 0 Å². The minimum atomic E-state index is -0.469. The second-order valence-electron chi connectivity index (χ2n) is 7.63. The second kappa shape index (κ2) is 10.1. The molecule has 1 aromatic heterocycles. The van der Waals surface area contributed by atoms with E-state index in [9.17, 15) is 4.39 Å². The molecule has 0 spiro atoms. The number of hydrogen-bond donors (Lipinski definition) is 2. The second-order valence-corrected chi connectivity index (χ2v) is 8.04. The van der Waals surface area contributed by atoms with Gasteiger partial charge in [0.05, 0.1) is 24.3 Å². The number of hydrogen-bond acceptors (Lipinski definition) is 6. The molecule has 2 aromatic carbocycles. The van der Waals surface area contributed by atoms with E-state index in [0.29, 0.717) is 41.2 Å². The van der Waals surface area contributed by atoms with Crippen molar-refractivity contribution >= 4 is 34.0 Å². The first-order valence-electron chi connectivity index (χ1n) is 10.5. The van der Waals surface area contributed by atoms with Crippen LogP contribution in [-0.2, 0) is 0 Å². The van der Waals surface area contributed by atoms with Crippen molar-refractivity contribution in [3.05, 3.63) is 47.5 Å².